The number of primary sulfonamides is 1. The lowest BCUT2D eigenvalue weighted by Gasteiger charge is -2.15. The van der Waals surface area contributed by atoms with Gasteiger partial charge in [-0.2, -0.15) is 5.10 Å². The van der Waals surface area contributed by atoms with Gasteiger partial charge in [-0.3, -0.25) is 0 Å². The Hall–Kier alpha value is -3.46. The number of aromatic nitrogens is 4. The number of rotatable bonds is 11. The lowest BCUT2D eigenvalue weighted by Crippen LogP contribution is -2.22. The van der Waals surface area contributed by atoms with E-state index in [1.54, 1.807) is 16.9 Å². The average Bonchev–Trinajstić information content (AvgIpc) is 3.27. The van der Waals surface area contributed by atoms with Crippen LogP contribution in [0.1, 0.15) is 5.56 Å². The molecule has 0 atom stereocenters. The Morgan fingerprint density at radius 2 is 1.85 bits per heavy atom. The molecule has 208 valence electrons. The maximum atomic E-state index is 15.5. The maximum absolute atomic E-state index is 15.5. The van der Waals surface area contributed by atoms with Gasteiger partial charge in [0.2, 0.25) is 15.9 Å². The van der Waals surface area contributed by atoms with Crippen molar-refractivity contribution < 1.29 is 31.4 Å². The summed E-state index contributed by atoms with van der Waals surface area (Å²) in [5.74, 6) is -3.07. The zero-order chi connectivity index (χ0) is 28.4. The third-order valence-corrected chi connectivity index (χ3v) is 8.48. The summed E-state index contributed by atoms with van der Waals surface area (Å²) in [5, 5.41) is 10.3. The minimum absolute atomic E-state index is 0.144. The first-order valence-electron chi connectivity index (χ1n) is 11.9. The van der Waals surface area contributed by atoms with Gasteiger partial charge in [0.25, 0.3) is 0 Å². The van der Waals surface area contributed by atoms with Gasteiger partial charge in [-0.15, -0.1) is 0 Å². The second-order valence-corrected chi connectivity index (χ2v) is 17.1. The zero-order valence-electron chi connectivity index (χ0n) is 21.9. The predicted molar refractivity (Wildman–Crippen MR) is 143 cm³/mol. The van der Waals surface area contributed by atoms with Crippen molar-refractivity contribution >= 4 is 29.1 Å². The number of hydrogen-bond acceptors (Lipinski definition) is 8. The minimum atomic E-state index is -4.36. The van der Waals surface area contributed by atoms with E-state index in [2.05, 4.69) is 34.7 Å². The van der Waals surface area contributed by atoms with Crippen LogP contribution in [0.3, 0.4) is 0 Å². The van der Waals surface area contributed by atoms with Gasteiger partial charge < -0.3 is 14.2 Å². The van der Waals surface area contributed by atoms with Crippen LogP contribution in [0, 0.1) is 11.6 Å². The molecule has 0 amide bonds. The fourth-order valence-electron chi connectivity index (χ4n) is 3.81. The molecule has 0 fully saturated rings. The lowest BCUT2D eigenvalue weighted by atomic mass is 10.1. The van der Waals surface area contributed by atoms with Gasteiger partial charge in [-0.1, -0.05) is 19.6 Å². The molecule has 10 nitrogen and oxygen atoms in total. The molecule has 0 bridgehead atoms. The monoisotopic (exact) mass is 577 g/mol. The SMILES string of the molecule is COc1nccc(-c2ccc(F)c(OCc3cnc4c(cnn4COCC[Si](C)(C)C)c3)c2F)c1S(N)(=O)=O. The van der Waals surface area contributed by atoms with E-state index in [9.17, 15) is 12.8 Å². The van der Waals surface area contributed by atoms with Crippen molar-refractivity contribution in [3.63, 3.8) is 0 Å². The summed E-state index contributed by atoms with van der Waals surface area (Å²) in [7, 11) is -4.37. The van der Waals surface area contributed by atoms with E-state index in [4.69, 9.17) is 19.3 Å². The van der Waals surface area contributed by atoms with Gasteiger partial charge in [0.15, 0.2) is 27.9 Å². The van der Waals surface area contributed by atoms with E-state index in [0.717, 1.165) is 18.2 Å². The average molecular weight is 578 g/mol. The van der Waals surface area contributed by atoms with Gasteiger partial charge in [0, 0.05) is 49.2 Å². The molecule has 0 aliphatic carbocycles. The van der Waals surface area contributed by atoms with E-state index in [-0.39, 0.29) is 30.3 Å². The highest BCUT2D eigenvalue weighted by Gasteiger charge is 2.26. The molecule has 0 aliphatic rings. The minimum Gasteiger partial charge on any atom is -0.483 e. The number of nitrogens with two attached hydrogens (primary N) is 1. The second-order valence-electron chi connectivity index (χ2n) is 10.0. The molecule has 4 rings (SSSR count). The van der Waals surface area contributed by atoms with Crippen molar-refractivity contribution in [1.82, 2.24) is 19.7 Å². The first-order chi connectivity index (χ1) is 18.4. The Bertz CT molecular complexity index is 1610. The van der Waals surface area contributed by atoms with Crippen molar-refractivity contribution in [3.8, 4) is 22.8 Å². The molecule has 0 aliphatic heterocycles. The van der Waals surface area contributed by atoms with Crippen LogP contribution in [0.25, 0.3) is 22.2 Å². The van der Waals surface area contributed by atoms with Crippen molar-refractivity contribution in [3.05, 3.63) is 60.1 Å². The molecule has 2 N–H and O–H groups in total. The number of fused-ring (bicyclic) bond motifs is 1. The summed E-state index contributed by atoms with van der Waals surface area (Å²) in [4.78, 5) is 7.70. The molecule has 0 saturated heterocycles. The number of nitrogens with zero attached hydrogens (tertiary/aromatic N) is 4. The number of pyridine rings is 2. The van der Waals surface area contributed by atoms with Gasteiger partial charge in [0.1, 0.15) is 13.3 Å². The number of methoxy groups -OCH3 is 1. The Labute approximate surface area is 225 Å². The number of ether oxygens (including phenoxy) is 3. The van der Waals surface area contributed by atoms with E-state index in [0.29, 0.717) is 23.2 Å². The normalized spacial score (nSPS) is 12.2. The van der Waals surface area contributed by atoms with Crippen LogP contribution in [0.4, 0.5) is 8.78 Å². The topological polar surface area (TPSA) is 131 Å². The third kappa shape index (κ3) is 6.58. The molecular formula is C25H29F2N5O5SSi. The number of sulfonamides is 1. The molecule has 1 aromatic carbocycles. The standard InChI is InChI=1S/C25H29F2N5O5SSi/c1-35-25-23(38(28,33)34)19(7-8-29-25)18-5-6-20(26)22(21(18)27)37-14-16-11-17-13-31-32(24(17)30-12-16)15-36-9-10-39(2,3)4/h5-8,11-13H,9-10,14-15H2,1-4H3,(H2,28,33,34). The summed E-state index contributed by atoms with van der Waals surface area (Å²) in [6.07, 6.45) is 4.38. The summed E-state index contributed by atoms with van der Waals surface area (Å²) in [6.45, 7) is 7.52. The van der Waals surface area contributed by atoms with Gasteiger partial charge in [-0.05, 0) is 30.3 Å². The van der Waals surface area contributed by atoms with Gasteiger partial charge in [0.05, 0.1) is 13.3 Å². The highest BCUT2D eigenvalue weighted by Crippen LogP contribution is 2.37. The number of hydrogen-bond donors (Lipinski definition) is 1. The van der Waals surface area contributed by atoms with Crippen LogP contribution in [0.2, 0.25) is 25.7 Å². The van der Waals surface area contributed by atoms with Crippen LogP contribution < -0.4 is 14.6 Å². The molecule has 0 saturated carbocycles. The molecule has 14 heteroatoms. The third-order valence-electron chi connectivity index (χ3n) is 5.81. The molecule has 0 unspecified atom stereocenters. The number of halogens is 2. The van der Waals surface area contributed by atoms with Crippen LogP contribution >= 0.6 is 0 Å². The molecule has 4 aromatic rings. The summed E-state index contributed by atoms with van der Waals surface area (Å²) in [5.41, 5.74) is 0.754. The van der Waals surface area contributed by atoms with E-state index in [1.165, 1.54) is 25.6 Å². The van der Waals surface area contributed by atoms with Crippen LogP contribution in [-0.4, -0.2) is 50.0 Å². The largest absolute Gasteiger partial charge is 0.483 e. The maximum Gasteiger partial charge on any atom is 0.244 e. The van der Waals surface area contributed by atoms with Crippen molar-refractivity contribution in [2.24, 2.45) is 5.14 Å². The Morgan fingerprint density at radius 3 is 2.54 bits per heavy atom. The fraction of sp³-hybridized carbons (Fsp3) is 0.320. The summed E-state index contributed by atoms with van der Waals surface area (Å²) < 4.78 is 72.4. The summed E-state index contributed by atoms with van der Waals surface area (Å²) in [6, 6.07) is 6.09. The van der Waals surface area contributed by atoms with Crippen LogP contribution in [-0.2, 0) is 28.1 Å². The molecular weight excluding hydrogens is 548 g/mol. The van der Waals surface area contributed by atoms with Gasteiger partial charge >= 0.3 is 0 Å². The van der Waals surface area contributed by atoms with Crippen LogP contribution in [0.15, 0.2) is 47.8 Å². The van der Waals surface area contributed by atoms with Crippen molar-refractivity contribution in [2.75, 3.05) is 13.7 Å². The lowest BCUT2D eigenvalue weighted by molar-refractivity contribution is 0.0813. The Balaban J connectivity index is 1.55. The van der Waals surface area contributed by atoms with Crippen molar-refractivity contribution in [1.29, 1.82) is 0 Å². The molecule has 0 spiro atoms. The Morgan fingerprint density at radius 1 is 1.08 bits per heavy atom. The summed E-state index contributed by atoms with van der Waals surface area (Å²) >= 11 is 0. The predicted octanol–water partition coefficient (Wildman–Crippen LogP) is 4.32. The first kappa shape index (κ1) is 28.5. The molecule has 39 heavy (non-hydrogen) atoms. The quantitative estimate of drug-likeness (QED) is 0.206. The van der Waals surface area contributed by atoms with Gasteiger partial charge in [-0.25, -0.2) is 37.0 Å². The molecule has 3 aromatic heterocycles. The Kier molecular flexibility index (Phi) is 8.30. The van der Waals surface area contributed by atoms with Crippen LogP contribution in [0.5, 0.6) is 11.6 Å². The smallest absolute Gasteiger partial charge is 0.244 e. The fourth-order valence-corrected chi connectivity index (χ4v) is 5.43. The molecule has 0 radical (unpaired) electrons. The van der Waals surface area contributed by atoms with E-state index in [1.807, 2.05) is 0 Å². The van der Waals surface area contributed by atoms with E-state index >= 15 is 4.39 Å². The zero-order valence-corrected chi connectivity index (χ0v) is 23.8. The van der Waals surface area contributed by atoms with E-state index < -0.39 is 40.4 Å². The highest BCUT2D eigenvalue weighted by molar-refractivity contribution is 7.89. The second kappa shape index (κ2) is 11.3. The first-order valence-corrected chi connectivity index (χ1v) is 17.2. The molecule has 3 heterocycles. The highest BCUT2D eigenvalue weighted by atomic mass is 32.2. The van der Waals surface area contributed by atoms with Crippen molar-refractivity contribution in [2.45, 2.75) is 43.9 Å². The number of benzene rings is 1.